The van der Waals surface area contributed by atoms with Gasteiger partial charge in [-0.25, -0.2) is 5.43 Å². The molecule has 0 atom stereocenters. The van der Waals surface area contributed by atoms with E-state index in [0.29, 0.717) is 22.8 Å². The van der Waals surface area contributed by atoms with E-state index in [1.165, 1.54) is 14.2 Å². The van der Waals surface area contributed by atoms with Crippen molar-refractivity contribution in [1.29, 1.82) is 0 Å². The maximum atomic E-state index is 12.1. The van der Waals surface area contributed by atoms with Gasteiger partial charge in [-0.3, -0.25) is 9.59 Å². The summed E-state index contributed by atoms with van der Waals surface area (Å²) in [4.78, 5) is 23.9. The van der Waals surface area contributed by atoms with Gasteiger partial charge in [-0.15, -0.1) is 0 Å². The van der Waals surface area contributed by atoms with Crippen molar-refractivity contribution in [2.45, 2.75) is 39.7 Å². The van der Waals surface area contributed by atoms with Crippen molar-refractivity contribution in [2.24, 2.45) is 5.10 Å². The Labute approximate surface area is 142 Å². The fraction of sp³-hybridized carbons (Fsp3) is 0.471. The van der Waals surface area contributed by atoms with Crippen molar-refractivity contribution < 1.29 is 19.1 Å². The molecule has 0 unspecified atom stereocenters. The van der Waals surface area contributed by atoms with Crippen LogP contribution in [0.15, 0.2) is 23.3 Å². The Kier molecular flexibility index (Phi) is 6.76. The number of hydrazone groups is 1. The summed E-state index contributed by atoms with van der Waals surface area (Å²) in [6, 6.07) is 4.81. The molecule has 2 amide bonds. The molecular weight excluding hydrogens is 310 g/mol. The molecule has 0 saturated carbocycles. The van der Waals surface area contributed by atoms with E-state index in [4.69, 9.17) is 9.47 Å². The summed E-state index contributed by atoms with van der Waals surface area (Å²) in [6.45, 7) is 7.37. The van der Waals surface area contributed by atoms with Crippen molar-refractivity contribution in [3.8, 4) is 11.5 Å². The highest BCUT2D eigenvalue weighted by Crippen LogP contribution is 2.27. The van der Waals surface area contributed by atoms with Gasteiger partial charge in [-0.2, -0.15) is 5.10 Å². The smallest absolute Gasteiger partial charge is 0.271 e. The molecule has 0 aliphatic rings. The number of rotatable bonds is 6. The minimum Gasteiger partial charge on any atom is -0.493 e. The summed E-state index contributed by atoms with van der Waals surface area (Å²) in [7, 11) is 3.02. The molecule has 0 aliphatic carbocycles. The molecule has 0 bridgehead atoms. The number of carbonyl (C=O) groups is 2. The lowest BCUT2D eigenvalue weighted by atomic mass is 10.1. The molecule has 7 heteroatoms. The number of carbonyl (C=O) groups excluding carboxylic acids is 2. The minimum absolute atomic E-state index is 0.115. The van der Waals surface area contributed by atoms with Gasteiger partial charge < -0.3 is 14.8 Å². The Hall–Kier alpha value is -2.57. The van der Waals surface area contributed by atoms with Crippen molar-refractivity contribution >= 4 is 17.5 Å². The highest BCUT2D eigenvalue weighted by molar-refractivity contribution is 6.01. The Morgan fingerprint density at radius 2 is 1.75 bits per heavy atom. The Bertz CT molecular complexity index is 633. The van der Waals surface area contributed by atoms with Crippen molar-refractivity contribution in [3.63, 3.8) is 0 Å². The SMILES string of the molecule is COc1ccc(C(=O)N/N=C(\C)CC(=O)NC(C)(C)C)cc1OC. The number of ether oxygens (including phenoxy) is 2. The lowest BCUT2D eigenvalue weighted by Gasteiger charge is -2.20. The molecule has 7 nitrogen and oxygen atoms in total. The zero-order chi connectivity index (χ0) is 18.3. The molecular formula is C17H25N3O4. The minimum atomic E-state index is -0.397. The van der Waals surface area contributed by atoms with E-state index in [2.05, 4.69) is 15.8 Å². The van der Waals surface area contributed by atoms with E-state index in [0.717, 1.165) is 0 Å². The number of methoxy groups -OCH3 is 2. The van der Waals surface area contributed by atoms with E-state index in [1.807, 2.05) is 20.8 Å². The average molecular weight is 335 g/mol. The maximum Gasteiger partial charge on any atom is 0.271 e. The number of nitrogens with one attached hydrogen (secondary N) is 2. The topological polar surface area (TPSA) is 89.0 Å². The van der Waals surface area contributed by atoms with E-state index in [1.54, 1.807) is 25.1 Å². The lowest BCUT2D eigenvalue weighted by Crippen LogP contribution is -2.41. The predicted octanol–water partition coefficient (Wildman–Crippen LogP) is 2.11. The first-order valence-corrected chi connectivity index (χ1v) is 7.53. The van der Waals surface area contributed by atoms with Gasteiger partial charge in [0.1, 0.15) is 0 Å². The van der Waals surface area contributed by atoms with Crippen LogP contribution in [0, 0.1) is 0 Å². The molecule has 0 aromatic heterocycles. The third kappa shape index (κ3) is 6.28. The monoisotopic (exact) mass is 335 g/mol. The zero-order valence-electron chi connectivity index (χ0n) is 15.0. The van der Waals surface area contributed by atoms with E-state index in [9.17, 15) is 9.59 Å². The lowest BCUT2D eigenvalue weighted by molar-refractivity contribution is -0.121. The van der Waals surface area contributed by atoms with Crippen LogP contribution in [-0.4, -0.2) is 37.3 Å². The van der Waals surface area contributed by atoms with Crippen LogP contribution in [-0.2, 0) is 4.79 Å². The fourth-order valence-electron chi connectivity index (χ4n) is 1.92. The molecule has 1 rings (SSSR count). The van der Waals surface area contributed by atoms with Gasteiger partial charge in [0.2, 0.25) is 5.91 Å². The van der Waals surface area contributed by atoms with Crippen molar-refractivity contribution in [3.05, 3.63) is 23.8 Å². The van der Waals surface area contributed by atoms with Crippen LogP contribution in [0.25, 0.3) is 0 Å². The van der Waals surface area contributed by atoms with Crippen LogP contribution in [0.3, 0.4) is 0 Å². The van der Waals surface area contributed by atoms with Crippen LogP contribution in [0.4, 0.5) is 0 Å². The number of amides is 2. The molecule has 0 aliphatic heterocycles. The molecule has 0 radical (unpaired) electrons. The van der Waals surface area contributed by atoms with Crippen LogP contribution in [0.1, 0.15) is 44.5 Å². The first kappa shape index (κ1) is 19.5. The normalized spacial score (nSPS) is 11.7. The third-order valence-corrected chi connectivity index (χ3v) is 2.92. The standard InChI is InChI=1S/C17H25N3O4/c1-11(9-15(21)18-17(2,3)4)19-20-16(22)12-7-8-13(23-5)14(10-12)24-6/h7-8,10H,9H2,1-6H3,(H,18,21)(H,20,22)/b19-11+. The number of benzene rings is 1. The number of hydrogen-bond acceptors (Lipinski definition) is 5. The van der Waals surface area contributed by atoms with Crippen molar-refractivity contribution in [2.75, 3.05) is 14.2 Å². The Morgan fingerprint density at radius 3 is 2.29 bits per heavy atom. The molecule has 2 N–H and O–H groups in total. The first-order chi connectivity index (χ1) is 11.2. The molecule has 1 aromatic carbocycles. The van der Waals surface area contributed by atoms with Crippen LogP contribution in [0.5, 0.6) is 11.5 Å². The van der Waals surface area contributed by atoms with Crippen LogP contribution >= 0.6 is 0 Å². The Balaban J connectivity index is 2.69. The van der Waals surface area contributed by atoms with Gasteiger partial charge >= 0.3 is 0 Å². The van der Waals surface area contributed by atoms with Gasteiger partial charge in [-0.1, -0.05) is 0 Å². The highest BCUT2D eigenvalue weighted by atomic mass is 16.5. The predicted molar refractivity (Wildman–Crippen MR) is 92.6 cm³/mol. The largest absolute Gasteiger partial charge is 0.493 e. The summed E-state index contributed by atoms with van der Waals surface area (Å²) in [5.74, 6) is 0.443. The molecule has 0 saturated heterocycles. The highest BCUT2D eigenvalue weighted by Gasteiger charge is 2.14. The summed E-state index contributed by atoms with van der Waals surface area (Å²) in [5, 5.41) is 6.79. The second-order valence-corrected chi connectivity index (χ2v) is 6.33. The van der Waals surface area contributed by atoms with Gasteiger partial charge in [0.25, 0.3) is 5.91 Å². The molecule has 0 spiro atoms. The van der Waals surface area contributed by atoms with Gasteiger partial charge in [0, 0.05) is 16.8 Å². The van der Waals surface area contributed by atoms with Gasteiger partial charge in [-0.05, 0) is 45.9 Å². The number of nitrogens with zero attached hydrogens (tertiary/aromatic N) is 1. The molecule has 132 valence electrons. The molecule has 0 heterocycles. The first-order valence-electron chi connectivity index (χ1n) is 7.53. The molecule has 0 fully saturated rings. The second-order valence-electron chi connectivity index (χ2n) is 6.33. The molecule has 24 heavy (non-hydrogen) atoms. The quantitative estimate of drug-likeness (QED) is 0.615. The zero-order valence-corrected chi connectivity index (χ0v) is 15.0. The average Bonchev–Trinajstić information content (AvgIpc) is 2.49. The fourth-order valence-corrected chi connectivity index (χ4v) is 1.92. The second kappa shape index (κ2) is 8.33. The summed E-state index contributed by atoms with van der Waals surface area (Å²) in [6.07, 6.45) is 0.115. The van der Waals surface area contributed by atoms with E-state index in [-0.39, 0.29) is 17.9 Å². The van der Waals surface area contributed by atoms with Gasteiger partial charge in [0.05, 0.1) is 20.6 Å². The van der Waals surface area contributed by atoms with E-state index < -0.39 is 5.91 Å². The number of hydrogen-bond donors (Lipinski definition) is 2. The van der Waals surface area contributed by atoms with Crippen LogP contribution in [0.2, 0.25) is 0 Å². The summed E-state index contributed by atoms with van der Waals surface area (Å²) >= 11 is 0. The van der Waals surface area contributed by atoms with E-state index >= 15 is 0 Å². The third-order valence-electron chi connectivity index (χ3n) is 2.92. The van der Waals surface area contributed by atoms with Crippen LogP contribution < -0.4 is 20.2 Å². The molecule has 1 aromatic rings. The van der Waals surface area contributed by atoms with Crippen molar-refractivity contribution in [1.82, 2.24) is 10.7 Å². The Morgan fingerprint density at radius 1 is 1.12 bits per heavy atom. The maximum absolute atomic E-state index is 12.1. The summed E-state index contributed by atoms with van der Waals surface area (Å²) < 4.78 is 10.3. The summed E-state index contributed by atoms with van der Waals surface area (Å²) in [5.41, 5.74) is 3.01. The van der Waals surface area contributed by atoms with Gasteiger partial charge in [0.15, 0.2) is 11.5 Å².